The zero-order valence-electron chi connectivity index (χ0n) is 13.7. The van der Waals surface area contributed by atoms with Crippen molar-refractivity contribution in [3.05, 3.63) is 71.4 Å². The number of hydrogen-bond acceptors (Lipinski definition) is 1. The fourth-order valence-electron chi connectivity index (χ4n) is 4.98. The van der Waals surface area contributed by atoms with E-state index >= 15 is 0 Å². The molecule has 116 valence electrons. The van der Waals surface area contributed by atoms with Gasteiger partial charge in [-0.3, -0.25) is 0 Å². The van der Waals surface area contributed by atoms with Crippen LogP contribution in [0.25, 0.3) is 10.9 Å². The van der Waals surface area contributed by atoms with Crippen molar-refractivity contribution in [2.45, 2.75) is 37.3 Å². The van der Waals surface area contributed by atoms with E-state index < -0.39 is 0 Å². The van der Waals surface area contributed by atoms with Crippen molar-refractivity contribution in [3.63, 3.8) is 0 Å². The SMILES string of the molecule is C[C@@H]1C[C@H]2c3cccc4c3c(cn4C)[C@@H](c3ccccc3)[C@@H]2N1. The number of benzene rings is 2. The summed E-state index contributed by atoms with van der Waals surface area (Å²) in [6.07, 6.45) is 3.59. The molecule has 23 heavy (non-hydrogen) atoms. The van der Waals surface area contributed by atoms with Gasteiger partial charge in [0.2, 0.25) is 0 Å². The van der Waals surface area contributed by atoms with Crippen LogP contribution in [-0.2, 0) is 7.05 Å². The van der Waals surface area contributed by atoms with Crippen LogP contribution in [0.15, 0.2) is 54.7 Å². The summed E-state index contributed by atoms with van der Waals surface area (Å²) in [5.74, 6) is 1.07. The molecule has 1 aliphatic heterocycles. The largest absolute Gasteiger partial charge is 0.350 e. The Balaban J connectivity index is 1.82. The molecule has 1 saturated heterocycles. The molecule has 2 aliphatic rings. The molecule has 0 bridgehead atoms. The van der Waals surface area contributed by atoms with Gasteiger partial charge in [0, 0.05) is 48.1 Å². The van der Waals surface area contributed by atoms with Crippen molar-refractivity contribution >= 4 is 10.9 Å². The van der Waals surface area contributed by atoms with Gasteiger partial charge in [0.25, 0.3) is 0 Å². The zero-order chi connectivity index (χ0) is 15.6. The van der Waals surface area contributed by atoms with Crippen LogP contribution >= 0.6 is 0 Å². The second-order valence-electron chi connectivity index (χ2n) is 7.26. The van der Waals surface area contributed by atoms with Crippen molar-refractivity contribution in [3.8, 4) is 0 Å². The lowest BCUT2D eigenvalue weighted by atomic mass is 9.71. The van der Waals surface area contributed by atoms with E-state index in [9.17, 15) is 0 Å². The van der Waals surface area contributed by atoms with E-state index in [0.29, 0.717) is 23.9 Å². The van der Waals surface area contributed by atoms with E-state index in [0.717, 1.165) is 0 Å². The van der Waals surface area contributed by atoms with Crippen LogP contribution in [0.1, 0.15) is 41.9 Å². The van der Waals surface area contributed by atoms with Crippen LogP contribution in [0.4, 0.5) is 0 Å². The Kier molecular flexibility index (Phi) is 2.75. The van der Waals surface area contributed by atoms with Crippen molar-refractivity contribution in [2.75, 3.05) is 0 Å². The van der Waals surface area contributed by atoms with Gasteiger partial charge >= 0.3 is 0 Å². The van der Waals surface area contributed by atoms with Crippen LogP contribution in [0, 0.1) is 0 Å². The van der Waals surface area contributed by atoms with E-state index in [2.05, 4.69) is 78.6 Å². The number of rotatable bonds is 1. The second kappa shape index (κ2) is 4.72. The normalized spacial score (nSPS) is 29.0. The Morgan fingerprint density at radius 3 is 2.65 bits per heavy atom. The van der Waals surface area contributed by atoms with Gasteiger partial charge in [-0.1, -0.05) is 42.5 Å². The van der Waals surface area contributed by atoms with Gasteiger partial charge in [-0.2, -0.15) is 0 Å². The molecule has 2 aromatic carbocycles. The van der Waals surface area contributed by atoms with Gasteiger partial charge in [0.05, 0.1) is 0 Å². The van der Waals surface area contributed by atoms with E-state index in [4.69, 9.17) is 0 Å². The van der Waals surface area contributed by atoms with Gasteiger partial charge in [-0.15, -0.1) is 0 Å². The molecule has 0 amide bonds. The lowest BCUT2D eigenvalue weighted by molar-refractivity contribution is 0.475. The maximum Gasteiger partial charge on any atom is 0.0483 e. The summed E-state index contributed by atoms with van der Waals surface area (Å²) in [6.45, 7) is 2.32. The summed E-state index contributed by atoms with van der Waals surface area (Å²) in [5.41, 5.74) is 5.85. The first kappa shape index (κ1) is 13.4. The monoisotopic (exact) mass is 302 g/mol. The Bertz CT molecular complexity index is 877. The Labute approximate surface area is 137 Å². The standard InChI is InChI=1S/C21H22N2/c1-13-11-16-15-9-6-10-18-20(15)17(12-23(18)2)19(21(16)22-13)14-7-4-3-5-8-14/h3-10,12-13,16,19,21-22H,11H2,1-2H3/t13-,16+,19-,21-/m1/s1. The number of fused-ring (bicyclic) bond motifs is 2. The maximum atomic E-state index is 3.89. The first-order chi connectivity index (χ1) is 11.2. The summed E-state index contributed by atoms with van der Waals surface area (Å²) in [5, 5.41) is 5.39. The third-order valence-corrected chi connectivity index (χ3v) is 5.85. The maximum absolute atomic E-state index is 3.89. The second-order valence-corrected chi connectivity index (χ2v) is 7.26. The van der Waals surface area contributed by atoms with E-state index in [-0.39, 0.29) is 0 Å². The van der Waals surface area contributed by atoms with Gasteiger partial charge in [0.1, 0.15) is 0 Å². The summed E-state index contributed by atoms with van der Waals surface area (Å²) in [4.78, 5) is 0. The zero-order valence-corrected chi connectivity index (χ0v) is 13.7. The molecular formula is C21H22N2. The molecule has 2 heteroatoms. The minimum Gasteiger partial charge on any atom is -0.350 e. The molecule has 1 fully saturated rings. The Morgan fingerprint density at radius 2 is 1.83 bits per heavy atom. The molecule has 2 nitrogen and oxygen atoms in total. The lowest BCUT2D eigenvalue weighted by Gasteiger charge is -2.34. The topological polar surface area (TPSA) is 17.0 Å². The highest BCUT2D eigenvalue weighted by molar-refractivity contribution is 5.90. The fourth-order valence-corrected chi connectivity index (χ4v) is 4.98. The Morgan fingerprint density at radius 1 is 1.00 bits per heavy atom. The summed E-state index contributed by atoms with van der Waals surface area (Å²) in [6, 6.07) is 19.0. The number of hydrogen-bond donors (Lipinski definition) is 1. The Hall–Kier alpha value is -2.06. The third-order valence-electron chi connectivity index (χ3n) is 5.85. The van der Waals surface area contributed by atoms with Crippen molar-refractivity contribution in [2.24, 2.45) is 7.05 Å². The molecular weight excluding hydrogens is 280 g/mol. The van der Waals surface area contributed by atoms with Gasteiger partial charge in [-0.25, -0.2) is 0 Å². The molecule has 0 radical (unpaired) electrons. The molecule has 0 spiro atoms. The first-order valence-corrected chi connectivity index (χ1v) is 8.63. The quantitative estimate of drug-likeness (QED) is 0.714. The van der Waals surface area contributed by atoms with Gasteiger partial charge in [0.15, 0.2) is 0 Å². The average Bonchev–Trinajstić information content (AvgIpc) is 3.11. The van der Waals surface area contributed by atoms with Crippen molar-refractivity contribution in [1.82, 2.24) is 9.88 Å². The van der Waals surface area contributed by atoms with E-state index in [1.54, 1.807) is 5.56 Å². The lowest BCUT2D eigenvalue weighted by Crippen LogP contribution is -2.37. The van der Waals surface area contributed by atoms with Crippen LogP contribution in [0.3, 0.4) is 0 Å². The molecule has 4 atom stereocenters. The average molecular weight is 302 g/mol. The van der Waals surface area contributed by atoms with Crippen LogP contribution in [0.2, 0.25) is 0 Å². The van der Waals surface area contributed by atoms with E-state index in [1.165, 1.54) is 28.5 Å². The molecule has 1 aliphatic carbocycles. The summed E-state index contributed by atoms with van der Waals surface area (Å²) < 4.78 is 2.30. The summed E-state index contributed by atoms with van der Waals surface area (Å²) >= 11 is 0. The smallest absolute Gasteiger partial charge is 0.0483 e. The number of nitrogens with zero attached hydrogens (tertiary/aromatic N) is 1. The van der Waals surface area contributed by atoms with Crippen LogP contribution < -0.4 is 5.32 Å². The highest BCUT2D eigenvalue weighted by atomic mass is 15.0. The van der Waals surface area contributed by atoms with Gasteiger partial charge < -0.3 is 9.88 Å². The third kappa shape index (κ3) is 1.79. The molecule has 1 aromatic heterocycles. The highest BCUT2D eigenvalue weighted by Gasteiger charge is 2.44. The molecule has 0 unspecified atom stereocenters. The van der Waals surface area contributed by atoms with Crippen LogP contribution in [0.5, 0.6) is 0 Å². The van der Waals surface area contributed by atoms with Crippen LogP contribution in [-0.4, -0.2) is 16.7 Å². The summed E-state index contributed by atoms with van der Waals surface area (Å²) in [7, 11) is 2.18. The first-order valence-electron chi connectivity index (χ1n) is 8.63. The van der Waals surface area contributed by atoms with E-state index in [1.807, 2.05) is 0 Å². The minimum absolute atomic E-state index is 0.449. The predicted octanol–water partition coefficient (Wildman–Crippen LogP) is 4.16. The fraction of sp³-hybridized carbons (Fsp3) is 0.333. The number of aromatic nitrogens is 1. The number of nitrogens with one attached hydrogen (secondary N) is 1. The predicted molar refractivity (Wildman–Crippen MR) is 94.9 cm³/mol. The van der Waals surface area contributed by atoms with Gasteiger partial charge in [-0.05, 0) is 36.1 Å². The molecule has 1 N–H and O–H groups in total. The minimum atomic E-state index is 0.449. The molecule has 2 heterocycles. The molecule has 0 saturated carbocycles. The molecule has 3 aromatic rings. The van der Waals surface area contributed by atoms with Crippen molar-refractivity contribution in [1.29, 1.82) is 0 Å². The molecule has 5 rings (SSSR count). The highest BCUT2D eigenvalue weighted by Crippen LogP contribution is 2.50. The van der Waals surface area contributed by atoms with Crippen molar-refractivity contribution < 1.29 is 0 Å². The number of aryl methyl sites for hydroxylation is 1.